The molecule has 0 amide bonds. The highest BCUT2D eigenvalue weighted by atomic mass is 16.8. The normalized spacial score (nSPS) is 19.7. The quantitative estimate of drug-likeness (QED) is 0.372. The SMILES string of the molecule is O=C1O[C@@H](C(=O)c2ccccc2)[C@H](c2ccc([N+](=O)[O-])cc2)O1. The van der Waals surface area contributed by atoms with Crippen LogP contribution in [0.1, 0.15) is 22.0 Å². The first kappa shape index (κ1) is 14.7. The number of nitrogens with zero attached hydrogens (tertiary/aromatic N) is 1. The Labute approximate surface area is 130 Å². The Morgan fingerprint density at radius 3 is 2.26 bits per heavy atom. The first-order valence-corrected chi connectivity index (χ1v) is 6.77. The second-order valence-corrected chi connectivity index (χ2v) is 4.91. The zero-order valence-corrected chi connectivity index (χ0v) is 11.7. The summed E-state index contributed by atoms with van der Waals surface area (Å²) in [5.41, 5.74) is 0.753. The fourth-order valence-electron chi connectivity index (χ4n) is 2.34. The molecule has 0 N–H and O–H groups in total. The molecule has 2 aromatic rings. The van der Waals surface area contributed by atoms with Crippen LogP contribution in [0.15, 0.2) is 54.6 Å². The number of ketones is 1. The van der Waals surface area contributed by atoms with Gasteiger partial charge in [-0.15, -0.1) is 0 Å². The lowest BCUT2D eigenvalue weighted by atomic mass is 9.97. The largest absolute Gasteiger partial charge is 0.509 e. The van der Waals surface area contributed by atoms with Gasteiger partial charge in [-0.1, -0.05) is 30.3 Å². The maximum Gasteiger partial charge on any atom is 0.509 e. The molecule has 0 radical (unpaired) electrons. The van der Waals surface area contributed by atoms with Crippen LogP contribution in [0.4, 0.5) is 10.5 Å². The monoisotopic (exact) mass is 313 g/mol. The van der Waals surface area contributed by atoms with Crippen molar-refractivity contribution in [3.05, 3.63) is 75.8 Å². The number of carbonyl (C=O) groups excluding carboxylic acids is 2. The fourth-order valence-corrected chi connectivity index (χ4v) is 2.34. The molecular formula is C16H11NO6. The Bertz CT molecular complexity index is 756. The molecule has 1 heterocycles. The van der Waals surface area contributed by atoms with Crippen molar-refractivity contribution in [1.82, 2.24) is 0 Å². The summed E-state index contributed by atoms with van der Waals surface area (Å²) in [5.74, 6) is -0.389. The Kier molecular flexibility index (Phi) is 3.76. The summed E-state index contributed by atoms with van der Waals surface area (Å²) in [5, 5.41) is 10.7. The van der Waals surface area contributed by atoms with Crippen molar-refractivity contribution >= 4 is 17.6 Å². The van der Waals surface area contributed by atoms with Crippen LogP contribution in [0.2, 0.25) is 0 Å². The van der Waals surface area contributed by atoms with Gasteiger partial charge >= 0.3 is 6.16 Å². The number of hydrogen-bond acceptors (Lipinski definition) is 6. The van der Waals surface area contributed by atoms with Gasteiger partial charge in [-0.3, -0.25) is 14.9 Å². The lowest BCUT2D eigenvalue weighted by molar-refractivity contribution is -0.384. The standard InChI is InChI=1S/C16H11NO6/c18-13(10-4-2-1-3-5-10)15-14(22-16(19)23-15)11-6-8-12(9-7-11)17(20)21/h1-9,14-15H/t14-,15-/m0/s1. The van der Waals surface area contributed by atoms with Crippen LogP contribution in [-0.2, 0) is 9.47 Å². The van der Waals surface area contributed by atoms with Crippen molar-refractivity contribution in [2.45, 2.75) is 12.2 Å². The smallest absolute Gasteiger partial charge is 0.422 e. The molecule has 1 fully saturated rings. The Morgan fingerprint density at radius 2 is 1.65 bits per heavy atom. The van der Waals surface area contributed by atoms with Gasteiger partial charge in [0.25, 0.3) is 5.69 Å². The Balaban J connectivity index is 1.89. The van der Waals surface area contributed by atoms with Crippen LogP contribution in [0.25, 0.3) is 0 Å². The van der Waals surface area contributed by atoms with E-state index < -0.39 is 23.3 Å². The minimum Gasteiger partial charge on any atom is -0.422 e. The van der Waals surface area contributed by atoms with Crippen molar-refractivity contribution in [1.29, 1.82) is 0 Å². The van der Waals surface area contributed by atoms with Gasteiger partial charge in [0, 0.05) is 17.7 Å². The van der Waals surface area contributed by atoms with Crippen LogP contribution in [-0.4, -0.2) is 23.0 Å². The number of rotatable bonds is 4. The number of Topliss-reactive ketones (excluding diaryl/α,β-unsaturated/α-hetero) is 1. The summed E-state index contributed by atoms with van der Waals surface area (Å²) in [6.45, 7) is 0. The number of benzene rings is 2. The van der Waals surface area contributed by atoms with E-state index in [1.54, 1.807) is 30.3 Å². The average Bonchev–Trinajstić information content (AvgIpc) is 2.97. The van der Waals surface area contributed by atoms with Crippen LogP contribution in [0.5, 0.6) is 0 Å². The van der Waals surface area contributed by atoms with E-state index in [0.717, 1.165) is 0 Å². The lowest BCUT2D eigenvalue weighted by Crippen LogP contribution is -2.26. The molecule has 7 nitrogen and oxygen atoms in total. The fraction of sp³-hybridized carbons (Fsp3) is 0.125. The maximum atomic E-state index is 12.5. The Hall–Kier alpha value is -3.22. The topological polar surface area (TPSA) is 95.7 Å². The Morgan fingerprint density at radius 1 is 1.00 bits per heavy atom. The number of hydrogen-bond donors (Lipinski definition) is 0. The van der Waals surface area contributed by atoms with E-state index in [1.165, 1.54) is 24.3 Å². The predicted octanol–water partition coefficient (Wildman–Crippen LogP) is 3.05. The summed E-state index contributed by atoms with van der Waals surface area (Å²) in [4.78, 5) is 34.1. The van der Waals surface area contributed by atoms with E-state index in [4.69, 9.17) is 9.47 Å². The van der Waals surface area contributed by atoms with Crippen LogP contribution in [0.3, 0.4) is 0 Å². The third-order valence-corrected chi connectivity index (χ3v) is 3.47. The molecule has 1 aliphatic rings. The summed E-state index contributed by atoms with van der Waals surface area (Å²) in [7, 11) is 0. The minimum atomic E-state index is -1.12. The number of nitro groups is 1. The van der Waals surface area contributed by atoms with Gasteiger partial charge in [0.1, 0.15) is 0 Å². The average molecular weight is 313 g/mol. The maximum absolute atomic E-state index is 12.5. The molecule has 0 aliphatic carbocycles. The number of cyclic esters (lactones) is 2. The number of nitro benzene ring substituents is 1. The van der Waals surface area contributed by atoms with Gasteiger partial charge in [0.15, 0.2) is 6.10 Å². The summed E-state index contributed by atoms with van der Waals surface area (Å²) in [6, 6.07) is 13.8. The van der Waals surface area contributed by atoms with Gasteiger partial charge < -0.3 is 9.47 Å². The van der Waals surface area contributed by atoms with Crippen molar-refractivity contribution in [2.75, 3.05) is 0 Å². The number of non-ortho nitro benzene ring substituents is 1. The first-order chi connectivity index (χ1) is 11.1. The molecular weight excluding hydrogens is 302 g/mol. The van der Waals surface area contributed by atoms with Gasteiger partial charge in [0.2, 0.25) is 11.9 Å². The molecule has 1 saturated heterocycles. The van der Waals surface area contributed by atoms with Gasteiger partial charge in [-0.2, -0.15) is 0 Å². The molecule has 1 aliphatic heterocycles. The van der Waals surface area contributed by atoms with Crippen LogP contribution in [0, 0.1) is 10.1 Å². The number of carbonyl (C=O) groups is 2. The van der Waals surface area contributed by atoms with E-state index in [2.05, 4.69) is 0 Å². The molecule has 2 atom stereocenters. The molecule has 2 aromatic carbocycles. The molecule has 0 unspecified atom stereocenters. The minimum absolute atomic E-state index is 0.0927. The molecule has 0 bridgehead atoms. The molecule has 3 rings (SSSR count). The highest BCUT2D eigenvalue weighted by Crippen LogP contribution is 2.33. The number of ether oxygens (including phenoxy) is 2. The second-order valence-electron chi connectivity index (χ2n) is 4.91. The van der Waals surface area contributed by atoms with Gasteiger partial charge in [-0.25, -0.2) is 4.79 Å². The van der Waals surface area contributed by atoms with E-state index in [1.807, 2.05) is 0 Å². The predicted molar refractivity (Wildman–Crippen MR) is 78.0 cm³/mol. The molecule has 7 heteroatoms. The van der Waals surface area contributed by atoms with E-state index in [-0.39, 0.29) is 11.5 Å². The second kappa shape index (κ2) is 5.88. The van der Waals surface area contributed by atoms with E-state index >= 15 is 0 Å². The van der Waals surface area contributed by atoms with E-state index in [9.17, 15) is 19.7 Å². The third kappa shape index (κ3) is 2.89. The lowest BCUT2D eigenvalue weighted by Gasteiger charge is -2.14. The molecule has 0 saturated carbocycles. The highest BCUT2D eigenvalue weighted by molar-refractivity contribution is 6.01. The summed E-state index contributed by atoms with van der Waals surface area (Å²) >= 11 is 0. The van der Waals surface area contributed by atoms with Gasteiger partial charge in [-0.05, 0) is 17.7 Å². The van der Waals surface area contributed by atoms with Crippen molar-refractivity contribution in [3.63, 3.8) is 0 Å². The van der Waals surface area contributed by atoms with Crippen LogP contribution < -0.4 is 0 Å². The molecule has 23 heavy (non-hydrogen) atoms. The molecule has 0 spiro atoms. The van der Waals surface area contributed by atoms with Crippen LogP contribution >= 0.6 is 0 Å². The molecule has 0 aromatic heterocycles. The third-order valence-electron chi connectivity index (χ3n) is 3.47. The van der Waals surface area contributed by atoms with Crippen molar-refractivity contribution in [3.8, 4) is 0 Å². The zero-order chi connectivity index (χ0) is 16.4. The zero-order valence-electron chi connectivity index (χ0n) is 11.7. The highest BCUT2D eigenvalue weighted by Gasteiger charge is 2.43. The summed E-state index contributed by atoms with van der Waals surface area (Å²) < 4.78 is 10.0. The van der Waals surface area contributed by atoms with Crippen molar-refractivity contribution < 1.29 is 24.0 Å². The summed E-state index contributed by atoms with van der Waals surface area (Å²) in [6.07, 6.45) is -3.00. The van der Waals surface area contributed by atoms with Crippen molar-refractivity contribution in [2.24, 2.45) is 0 Å². The molecule has 116 valence electrons. The first-order valence-electron chi connectivity index (χ1n) is 6.77. The van der Waals surface area contributed by atoms with Gasteiger partial charge in [0.05, 0.1) is 4.92 Å². The van der Waals surface area contributed by atoms with E-state index in [0.29, 0.717) is 11.1 Å².